The van der Waals surface area contributed by atoms with Gasteiger partial charge in [-0.05, 0) is 42.5 Å². The van der Waals surface area contributed by atoms with Crippen molar-refractivity contribution in [2.75, 3.05) is 36.7 Å². The first-order chi connectivity index (χ1) is 14.6. The van der Waals surface area contributed by atoms with Crippen LogP contribution in [0.3, 0.4) is 0 Å². The van der Waals surface area contributed by atoms with Crippen molar-refractivity contribution in [3.05, 3.63) is 47.5 Å². The predicted octanol–water partition coefficient (Wildman–Crippen LogP) is 3.83. The lowest BCUT2D eigenvalue weighted by atomic mass is 10.3. The van der Waals surface area contributed by atoms with Crippen molar-refractivity contribution in [1.82, 2.24) is 14.8 Å². The molecule has 10 heteroatoms. The monoisotopic (exact) mass is 445 g/mol. The molecule has 156 valence electrons. The molecular weight excluding hydrogens is 426 g/mol. The Bertz CT molecular complexity index is 1060. The van der Waals surface area contributed by atoms with Crippen LogP contribution in [0.1, 0.15) is 0 Å². The van der Waals surface area contributed by atoms with Crippen molar-refractivity contribution >= 4 is 46.6 Å². The molecule has 4 rings (SSSR count). The first-order valence-electron chi connectivity index (χ1n) is 9.20. The summed E-state index contributed by atoms with van der Waals surface area (Å²) in [4.78, 5) is 14.5. The summed E-state index contributed by atoms with van der Waals surface area (Å²) in [5.41, 5.74) is 1.55. The second-order valence-electron chi connectivity index (χ2n) is 6.47. The molecule has 2 aromatic carbocycles. The van der Waals surface area contributed by atoms with Crippen LogP contribution in [0.2, 0.25) is 5.02 Å². The fourth-order valence-electron chi connectivity index (χ4n) is 3.18. The van der Waals surface area contributed by atoms with Crippen LogP contribution >= 0.6 is 23.4 Å². The van der Waals surface area contributed by atoms with Gasteiger partial charge in [-0.3, -0.25) is 9.36 Å². The van der Waals surface area contributed by atoms with Crippen molar-refractivity contribution in [3.63, 3.8) is 0 Å². The summed E-state index contributed by atoms with van der Waals surface area (Å²) < 4.78 is 12.5. The Morgan fingerprint density at radius 1 is 1.13 bits per heavy atom. The van der Waals surface area contributed by atoms with E-state index in [4.69, 9.17) is 21.1 Å². The number of aromatic nitrogens is 3. The van der Waals surface area contributed by atoms with Crippen LogP contribution in [0.25, 0.3) is 0 Å². The van der Waals surface area contributed by atoms with Crippen molar-refractivity contribution in [2.45, 2.75) is 11.7 Å². The number of benzene rings is 2. The molecule has 0 atom stereocenters. The van der Waals surface area contributed by atoms with Gasteiger partial charge in [-0.25, -0.2) is 0 Å². The minimum absolute atomic E-state index is 0.178. The SMILES string of the molecule is COc1ccc(N2CCn3c(SCC(=O)Nc4cc(Cl)ccc4OC)nnc32)cc1. The molecule has 3 aromatic rings. The van der Waals surface area contributed by atoms with E-state index in [1.807, 2.05) is 28.8 Å². The topological polar surface area (TPSA) is 81.5 Å². The summed E-state index contributed by atoms with van der Waals surface area (Å²) >= 11 is 7.35. The molecule has 1 N–H and O–H groups in total. The maximum atomic E-state index is 12.4. The fraction of sp³-hybridized carbons (Fsp3) is 0.250. The van der Waals surface area contributed by atoms with E-state index >= 15 is 0 Å². The zero-order valence-electron chi connectivity index (χ0n) is 16.5. The molecule has 0 radical (unpaired) electrons. The van der Waals surface area contributed by atoms with Gasteiger partial charge in [0.25, 0.3) is 0 Å². The second-order valence-corrected chi connectivity index (χ2v) is 7.84. The van der Waals surface area contributed by atoms with Gasteiger partial charge in [-0.1, -0.05) is 23.4 Å². The Balaban J connectivity index is 1.41. The standard InChI is InChI=1S/C20H20ClN5O3S/c1-28-15-6-4-14(5-7-15)25-9-10-26-19(25)23-24-20(26)30-12-18(27)22-16-11-13(21)3-8-17(16)29-2/h3-8,11H,9-10,12H2,1-2H3,(H,22,27). The molecule has 2 heterocycles. The molecule has 1 aliphatic rings. The summed E-state index contributed by atoms with van der Waals surface area (Å²) in [6.07, 6.45) is 0. The molecule has 8 nitrogen and oxygen atoms in total. The lowest BCUT2D eigenvalue weighted by Crippen LogP contribution is -2.15. The maximum Gasteiger partial charge on any atom is 0.234 e. The third-order valence-electron chi connectivity index (χ3n) is 4.64. The van der Waals surface area contributed by atoms with E-state index in [0.29, 0.717) is 21.6 Å². The molecule has 0 spiro atoms. The number of methoxy groups -OCH3 is 2. The molecule has 0 saturated heterocycles. The first-order valence-corrected chi connectivity index (χ1v) is 10.6. The third kappa shape index (κ3) is 4.17. The van der Waals surface area contributed by atoms with E-state index in [9.17, 15) is 4.79 Å². The largest absolute Gasteiger partial charge is 0.497 e. The number of nitrogens with one attached hydrogen (secondary N) is 1. The Kier molecular flexibility index (Phi) is 6.01. The molecule has 0 fully saturated rings. The van der Waals surface area contributed by atoms with Crippen molar-refractivity contribution in [2.24, 2.45) is 0 Å². The number of amides is 1. The lowest BCUT2D eigenvalue weighted by Gasteiger charge is -2.15. The number of fused-ring (bicyclic) bond motifs is 1. The number of ether oxygens (including phenoxy) is 2. The molecule has 30 heavy (non-hydrogen) atoms. The average molecular weight is 446 g/mol. The molecule has 1 amide bonds. The second kappa shape index (κ2) is 8.85. The number of carbonyl (C=O) groups excluding carboxylic acids is 1. The van der Waals surface area contributed by atoms with Gasteiger partial charge >= 0.3 is 0 Å². The number of carbonyl (C=O) groups is 1. The van der Waals surface area contributed by atoms with Crippen molar-refractivity contribution < 1.29 is 14.3 Å². The quantitative estimate of drug-likeness (QED) is 0.553. The Hall–Kier alpha value is -2.91. The third-order valence-corrected chi connectivity index (χ3v) is 5.84. The van der Waals surface area contributed by atoms with Gasteiger partial charge in [0.1, 0.15) is 11.5 Å². The minimum Gasteiger partial charge on any atom is -0.497 e. The van der Waals surface area contributed by atoms with Crippen molar-refractivity contribution in [1.29, 1.82) is 0 Å². The Morgan fingerprint density at radius 2 is 1.93 bits per heavy atom. The number of thioether (sulfide) groups is 1. The van der Waals surface area contributed by atoms with Gasteiger partial charge in [0.15, 0.2) is 5.16 Å². The van der Waals surface area contributed by atoms with Crippen LogP contribution in [-0.2, 0) is 11.3 Å². The van der Waals surface area contributed by atoms with E-state index in [2.05, 4.69) is 20.4 Å². The van der Waals surface area contributed by atoms with Crippen LogP contribution in [0.15, 0.2) is 47.6 Å². The van der Waals surface area contributed by atoms with Crippen LogP contribution in [0, 0.1) is 0 Å². The first kappa shape index (κ1) is 20.4. The summed E-state index contributed by atoms with van der Waals surface area (Å²) in [5, 5.41) is 12.6. The summed E-state index contributed by atoms with van der Waals surface area (Å²) in [7, 11) is 3.19. The molecule has 0 bridgehead atoms. The van der Waals surface area contributed by atoms with E-state index < -0.39 is 0 Å². The number of halogens is 1. The van der Waals surface area contributed by atoms with Gasteiger partial charge in [-0.15, -0.1) is 10.2 Å². The highest BCUT2D eigenvalue weighted by atomic mass is 35.5. The van der Waals surface area contributed by atoms with Gasteiger partial charge < -0.3 is 19.7 Å². The molecule has 0 unspecified atom stereocenters. The summed E-state index contributed by atoms with van der Waals surface area (Å²) in [6, 6.07) is 12.9. The average Bonchev–Trinajstić information content (AvgIpc) is 3.35. The van der Waals surface area contributed by atoms with Gasteiger partial charge in [0.2, 0.25) is 11.9 Å². The number of rotatable bonds is 7. The maximum absolute atomic E-state index is 12.4. The van der Waals surface area contributed by atoms with Crippen LogP contribution < -0.4 is 19.7 Å². The van der Waals surface area contributed by atoms with Crippen LogP contribution in [0.4, 0.5) is 17.3 Å². The van der Waals surface area contributed by atoms with Gasteiger partial charge in [0, 0.05) is 23.8 Å². The Labute approximate surface area is 183 Å². The normalized spacial score (nSPS) is 12.6. The number of hydrogen-bond donors (Lipinski definition) is 1. The summed E-state index contributed by atoms with van der Waals surface area (Å²) in [6.45, 7) is 1.54. The molecule has 1 aliphatic heterocycles. The van der Waals surface area contributed by atoms with Crippen LogP contribution in [-0.4, -0.2) is 47.2 Å². The van der Waals surface area contributed by atoms with E-state index in [0.717, 1.165) is 30.5 Å². The smallest absolute Gasteiger partial charge is 0.234 e. The van der Waals surface area contributed by atoms with Gasteiger partial charge in [-0.2, -0.15) is 0 Å². The zero-order valence-corrected chi connectivity index (χ0v) is 18.0. The lowest BCUT2D eigenvalue weighted by molar-refractivity contribution is -0.113. The van der Waals surface area contributed by atoms with Crippen molar-refractivity contribution in [3.8, 4) is 11.5 Å². The zero-order chi connectivity index (χ0) is 21.1. The number of anilines is 3. The number of hydrogen-bond acceptors (Lipinski definition) is 7. The fourth-order valence-corrected chi connectivity index (χ4v) is 4.12. The highest BCUT2D eigenvalue weighted by Gasteiger charge is 2.26. The number of nitrogens with zero attached hydrogens (tertiary/aromatic N) is 4. The van der Waals surface area contributed by atoms with Crippen LogP contribution in [0.5, 0.6) is 11.5 Å². The molecule has 1 aromatic heterocycles. The van der Waals surface area contributed by atoms with E-state index in [-0.39, 0.29) is 11.7 Å². The van der Waals surface area contributed by atoms with Gasteiger partial charge in [0.05, 0.1) is 25.7 Å². The summed E-state index contributed by atoms with van der Waals surface area (Å²) in [5.74, 6) is 2.13. The molecule has 0 saturated carbocycles. The minimum atomic E-state index is -0.178. The van der Waals surface area contributed by atoms with E-state index in [1.165, 1.54) is 11.8 Å². The highest BCUT2D eigenvalue weighted by molar-refractivity contribution is 7.99. The molecular formula is C20H20ClN5O3S. The Morgan fingerprint density at radius 3 is 2.67 bits per heavy atom. The van der Waals surface area contributed by atoms with E-state index in [1.54, 1.807) is 32.4 Å². The highest BCUT2D eigenvalue weighted by Crippen LogP contribution is 2.33. The predicted molar refractivity (Wildman–Crippen MR) is 117 cm³/mol. The molecule has 0 aliphatic carbocycles.